The van der Waals surface area contributed by atoms with Crippen LogP contribution in [-0.2, 0) is 0 Å². The highest BCUT2D eigenvalue weighted by Crippen LogP contribution is 2.34. The predicted molar refractivity (Wildman–Crippen MR) is 82.0 cm³/mol. The van der Waals surface area contributed by atoms with Gasteiger partial charge in [-0.25, -0.2) is 0 Å². The van der Waals surface area contributed by atoms with Crippen molar-refractivity contribution in [3.8, 4) is 0 Å². The van der Waals surface area contributed by atoms with Crippen molar-refractivity contribution in [2.45, 2.75) is 39.7 Å². The zero-order valence-corrected chi connectivity index (χ0v) is 13.1. The molecule has 2 rings (SSSR count). The lowest BCUT2D eigenvalue weighted by atomic mass is 9.84. The lowest BCUT2D eigenvalue weighted by molar-refractivity contribution is 0.293. The topological polar surface area (TPSA) is 29.3 Å². The number of anilines is 1. The molecule has 2 N–H and O–H groups in total. The summed E-state index contributed by atoms with van der Waals surface area (Å²) in [6, 6.07) is 6.63. The van der Waals surface area contributed by atoms with Gasteiger partial charge in [-0.15, -0.1) is 0 Å². The van der Waals surface area contributed by atoms with Gasteiger partial charge in [0.05, 0.1) is 0 Å². The van der Waals surface area contributed by atoms with Crippen LogP contribution in [0.25, 0.3) is 0 Å². The van der Waals surface area contributed by atoms with E-state index >= 15 is 0 Å². The van der Waals surface area contributed by atoms with Crippen molar-refractivity contribution in [3.05, 3.63) is 28.2 Å². The summed E-state index contributed by atoms with van der Waals surface area (Å²) in [7, 11) is 0. The molecule has 18 heavy (non-hydrogen) atoms. The maximum Gasteiger partial charge on any atom is 0.0377 e. The van der Waals surface area contributed by atoms with Crippen LogP contribution in [0.4, 0.5) is 5.69 Å². The van der Waals surface area contributed by atoms with Crippen molar-refractivity contribution >= 4 is 21.6 Å². The zero-order valence-electron chi connectivity index (χ0n) is 11.5. The third kappa shape index (κ3) is 3.07. The molecule has 0 radical (unpaired) electrons. The summed E-state index contributed by atoms with van der Waals surface area (Å²) in [5.74, 6) is 0. The molecule has 1 heterocycles. The van der Waals surface area contributed by atoms with Crippen molar-refractivity contribution in [1.29, 1.82) is 0 Å². The van der Waals surface area contributed by atoms with Crippen LogP contribution in [0.3, 0.4) is 0 Å². The van der Waals surface area contributed by atoms with Gasteiger partial charge in [0.25, 0.3) is 0 Å². The van der Waals surface area contributed by atoms with Crippen LogP contribution in [0.15, 0.2) is 22.7 Å². The molecule has 0 aromatic heterocycles. The van der Waals surface area contributed by atoms with E-state index in [0.717, 1.165) is 17.6 Å². The van der Waals surface area contributed by atoms with Crippen molar-refractivity contribution in [2.75, 3.05) is 18.0 Å². The normalized spacial score (nSPS) is 20.8. The molecule has 0 saturated carbocycles. The van der Waals surface area contributed by atoms with E-state index in [0.29, 0.717) is 5.41 Å². The van der Waals surface area contributed by atoms with Gasteiger partial charge in [0.2, 0.25) is 0 Å². The van der Waals surface area contributed by atoms with E-state index in [1.807, 2.05) is 6.92 Å². The van der Waals surface area contributed by atoms with Crippen LogP contribution in [0.2, 0.25) is 0 Å². The Bertz CT molecular complexity index is 427. The molecule has 1 aliphatic heterocycles. The number of piperidine rings is 1. The van der Waals surface area contributed by atoms with Crippen LogP contribution < -0.4 is 10.6 Å². The molecule has 1 atom stereocenters. The number of hydrogen-bond acceptors (Lipinski definition) is 2. The minimum Gasteiger partial charge on any atom is -0.371 e. The average molecular weight is 311 g/mol. The van der Waals surface area contributed by atoms with Gasteiger partial charge in [-0.3, -0.25) is 0 Å². The summed E-state index contributed by atoms with van der Waals surface area (Å²) < 4.78 is 1.12. The van der Waals surface area contributed by atoms with E-state index < -0.39 is 0 Å². The molecular weight excluding hydrogens is 288 g/mol. The Morgan fingerprint density at radius 3 is 2.67 bits per heavy atom. The summed E-state index contributed by atoms with van der Waals surface area (Å²) in [6.45, 7) is 9.02. The number of nitrogens with zero attached hydrogens (tertiary/aromatic N) is 1. The lowest BCUT2D eigenvalue weighted by Crippen LogP contribution is -2.40. The average Bonchev–Trinajstić information content (AvgIpc) is 2.27. The number of rotatable bonds is 2. The number of halogens is 1. The maximum atomic E-state index is 5.94. The van der Waals surface area contributed by atoms with E-state index in [2.05, 4.69) is 52.9 Å². The van der Waals surface area contributed by atoms with Crippen LogP contribution in [-0.4, -0.2) is 13.1 Å². The van der Waals surface area contributed by atoms with Gasteiger partial charge in [0, 0.05) is 29.3 Å². The first-order valence-electron chi connectivity index (χ1n) is 6.69. The molecule has 0 spiro atoms. The van der Waals surface area contributed by atoms with E-state index in [9.17, 15) is 0 Å². The molecule has 1 saturated heterocycles. The Labute approximate surface area is 119 Å². The Hall–Kier alpha value is -0.540. The minimum absolute atomic E-state index is 0.0752. The van der Waals surface area contributed by atoms with Crippen molar-refractivity contribution < 1.29 is 0 Å². The quantitative estimate of drug-likeness (QED) is 0.891. The summed E-state index contributed by atoms with van der Waals surface area (Å²) in [5.41, 5.74) is 8.84. The second-order valence-electron chi connectivity index (χ2n) is 6.18. The molecule has 3 heteroatoms. The molecule has 0 bridgehead atoms. The van der Waals surface area contributed by atoms with Crippen LogP contribution in [0.1, 0.15) is 45.2 Å². The van der Waals surface area contributed by atoms with Gasteiger partial charge in [0.1, 0.15) is 0 Å². The van der Waals surface area contributed by atoms with Crippen LogP contribution in [0.5, 0.6) is 0 Å². The molecule has 2 nitrogen and oxygen atoms in total. The number of benzene rings is 1. The van der Waals surface area contributed by atoms with Gasteiger partial charge < -0.3 is 10.6 Å². The Morgan fingerprint density at radius 2 is 2.11 bits per heavy atom. The molecule has 1 aromatic rings. The molecule has 0 unspecified atom stereocenters. The van der Waals surface area contributed by atoms with Gasteiger partial charge in [-0.2, -0.15) is 0 Å². The van der Waals surface area contributed by atoms with Crippen LogP contribution >= 0.6 is 15.9 Å². The molecule has 1 aliphatic rings. The first kappa shape index (κ1) is 13.9. The second-order valence-corrected chi connectivity index (χ2v) is 7.04. The largest absolute Gasteiger partial charge is 0.371 e. The smallest absolute Gasteiger partial charge is 0.0377 e. The SMILES string of the molecule is C[C@@H](N)c1ccc(N2CCCC(C)(C)C2)cc1Br. The summed E-state index contributed by atoms with van der Waals surface area (Å²) >= 11 is 3.64. The highest BCUT2D eigenvalue weighted by molar-refractivity contribution is 9.10. The third-order valence-electron chi connectivity index (χ3n) is 3.74. The van der Waals surface area contributed by atoms with Gasteiger partial charge >= 0.3 is 0 Å². The first-order valence-corrected chi connectivity index (χ1v) is 7.48. The van der Waals surface area contributed by atoms with Crippen LogP contribution in [0, 0.1) is 5.41 Å². The fourth-order valence-electron chi connectivity index (χ4n) is 2.73. The van der Waals surface area contributed by atoms with E-state index in [1.165, 1.54) is 24.1 Å². The standard InChI is InChI=1S/C15H23BrN2/c1-11(17)13-6-5-12(9-14(13)16)18-8-4-7-15(2,3)10-18/h5-6,9,11H,4,7-8,10,17H2,1-3H3/t11-/m1/s1. The maximum absolute atomic E-state index is 5.94. The van der Waals surface area contributed by atoms with Crippen molar-refractivity contribution in [1.82, 2.24) is 0 Å². The minimum atomic E-state index is 0.0752. The highest BCUT2D eigenvalue weighted by Gasteiger charge is 2.26. The molecule has 0 amide bonds. The molecule has 100 valence electrons. The van der Waals surface area contributed by atoms with Gasteiger partial charge in [0.15, 0.2) is 0 Å². The molecule has 1 fully saturated rings. The summed E-state index contributed by atoms with van der Waals surface area (Å²) in [4.78, 5) is 2.49. The monoisotopic (exact) mass is 310 g/mol. The Morgan fingerprint density at radius 1 is 1.39 bits per heavy atom. The molecule has 1 aromatic carbocycles. The summed E-state index contributed by atoms with van der Waals surface area (Å²) in [5, 5.41) is 0. The fraction of sp³-hybridized carbons (Fsp3) is 0.600. The number of nitrogens with two attached hydrogens (primary N) is 1. The Balaban J connectivity index is 2.21. The number of hydrogen-bond donors (Lipinski definition) is 1. The predicted octanol–water partition coefficient (Wildman–Crippen LogP) is 4.10. The lowest BCUT2D eigenvalue weighted by Gasteiger charge is -2.39. The van der Waals surface area contributed by atoms with Gasteiger partial charge in [-0.1, -0.05) is 35.8 Å². The fourth-order valence-corrected chi connectivity index (χ4v) is 3.45. The zero-order chi connectivity index (χ0) is 13.3. The second kappa shape index (κ2) is 5.22. The highest BCUT2D eigenvalue weighted by atomic mass is 79.9. The molecule has 0 aliphatic carbocycles. The van der Waals surface area contributed by atoms with E-state index in [4.69, 9.17) is 5.73 Å². The third-order valence-corrected chi connectivity index (χ3v) is 4.43. The van der Waals surface area contributed by atoms with E-state index in [1.54, 1.807) is 0 Å². The van der Waals surface area contributed by atoms with Gasteiger partial charge in [-0.05, 0) is 42.9 Å². The Kier molecular flexibility index (Phi) is 4.02. The van der Waals surface area contributed by atoms with E-state index in [-0.39, 0.29) is 6.04 Å². The first-order chi connectivity index (χ1) is 8.39. The molecular formula is C15H23BrN2. The van der Waals surface area contributed by atoms with Crippen molar-refractivity contribution in [2.24, 2.45) is 11.1 Å². The summed E-state index contributed by atoms with van der Waals surface area (Å²) in [6.07, 6.45) is 2.60. The van der Waals surface area contributed by atoms with Crippen molar-refractivity contribution in [3.63, 3.8) is 0 Å².